The van der Waals surface area contributed by atoms with Gasteiger partial charge in [-0.25, -0.2) is 14.2 Å². The zero-order valence-electron chi connectivity index (χ0n) is 24.8. The summed E-state index contributed by atoms with van der Waals surface area (Å²) >= 11 is 0. The third-order valence-electron chi connectivity index (χ3n) is 6.26. The monoisotopic (exact) mass is 582 g/mol. The molecule has 3 amide bonds. The maximum atomic E-state index is 13.5. The molecule has 0 spiro atoms. The van der Waals surface area contributed by atoms with E-state index in [-0.39, 0.29) is 30.4 Å². The predicted molar refractivity (Wildman–Crippen MR) is 160 cm³/mol. The van der Waals surface area contributed by atoms with E-state index in [1.807, 2.05) is 58.1 Å². The normalized spacial score (nSPS) is 15.0. The first-order valence-electron chi connectivity index (χ1n) is 13.4. The van der Waals surface area contributed by atoms with Crippen LogP contribution in [0.1, 0.15) is 26.3 Å². The number of aliphatic imine (C=N–C) groups is 1. The molecule has 1 atom stereocenters. The molecule has 1 saturated heterocycles. The Morgan fingerprint density at radius 1 is 1.17 bits per heavy atom. The van der Waals surface area contributed by atoms with Crippen molar-refractivity contribution in [1.29, 1.82) is 5.26 Å². The van der Waals surface area contributed by atoms with Crippen LogP contribution in [0.25, 0.3) is 0 Å². The van der Waals surface area contributed by atoms with E-state index in [9.17, 15) is 19.2 Å². The fourth-order valence-corrected chi connectivity index (χ4v) is 4.28. The van der Waals surface area contributed by atoms with Crippen molar-refractivity contribution in [3.05, 3.63) is 53.8 Å². The van der Waals surface area contributed by atoms with Gasteiger partial charge < -0.3 is 30.4 Å². The smallest absolute Gasteiger partial charge is 0.321 e. The molecular formula is C29H39FN8O4. The van der Waals surface area contributed by atoms with Gasteiger partial charge in [-0.15, -0.1) is 0 Å². The van der Waals surface area contributed by atoms with Gasteiger partial charge in [-0.1, -0.05) is 26.0 Å². The molecule has 3 rings (SSSR count). The molecule has 2 aromatic carbocycles. The van der Waals surface area contributed by atoms with Gasteiger partial charge in [0.25, 0.3) is 5.97 Å². The Kier molecular flexibility index (Phi) is 12.7. The molecule has 0 saturated carbocycles. The molecule has 0 bridgehead atoms. The minimum atomic E-state index is -0.833. The summed E-state index contributed by atoms with van der Waals surface area (Å²) in [5.41, 5.74) is 2.42. The van der Waals surface area contributed by atoms with E-state index in [1.165, 1.54) is 12.1 Å². The van der Waals surface area contributed by atoms with Crippen LogP contribution >= 0.6 is 0 Å². The van der Waals surface area contributed by atoms with Crippen molar-refractivity contribution in [2.75, 3.05) is 50.9 Å². The number of carbonyl (C=O) groups is 3. The third kappa shape index (κ3) is 10.4. The Hall–Kier alpha value is -4.70. The molecular weight excluding hydrogens is 543 g/mol. The number of piperazine rings is 1. The van der Waals surface area contributed by atoms with E-state index in [1.54, 1.807) is 28.0 Å². The van der Waals surface area contributed by atoms with Gasteiger partial charge >= 0.3 is 6.03 Å². The lowest BCUT2D eigenvalue weighted by molar-refractivity contribution is -0.134. The summed E-state index contributed by atoms with van der Waals surface area (Å²) in [6.07, 6.45) is 1.98. The third-order valence-corrected chi connectivity index (χ3v) is 6.26. The number of carbonyl (C=O) groups excluding carboxylic acids is 2. The maximum absolute atomic E-state index is 13.5. The summed E-state index contributed by atoms with van der Waals surface area (Å²) < 4.78 is 13.5. The Balaban J connectivity index is 0.00000144. The number of rotatable bonds is 6. The molecule has 2 aromatic rings. The van der Waals surface area contributed by atoms with Crippen molar-refractivity contribution in [2.24, 2.45) is 10.9 Å². The number of guanidine groups is 1. The summed E-state index contributed by atoms with van der Waals surface area (Å²) in [6.45, 7) is 8.50. The number of hydrogen-bond acceptors (Lipinski definition) is 6. The Morgan fingerprint density at radius 3 is 2.43 bits per heavy atom. The molecule has 4 N–H and O–H groups in total. The second kappa shape index (κ2) is 15.9. The van der Waals surface area contributed by atoms with Crippen LogP contribution in [0.2, 0.25) is 0 Å². The standard InChI is InChI=1S/C27H35FN8O2.C2H4O2/c1-18(2)24-15-35(27(38)31-21-9-6-8-20(28)14-21)12-13-36(24)26(30-17-29)33-23-11-7-10-22(19(23)3)32-25(37)16-34(4)5;1-2(3)4/h6-11,14,18,24H,12-13,15-16H2,1-5H3,(H,30,33)(H,31,38)(H,32,37);1H3,(H,3,4). The van der Waals surface area contributed by atoms with E-state index in [2.05, 4.69) is 16.0 Å². The number of anilines is 2. The molecule has 0 aliphatic carbocycles. The lowest BCUT2D eigenvalue weighted by Gasteiger charge is -2.44. The van der Waals surface area contributed by atoms with Crippen LogP contribution in [0, 0.1) is 30.1 Å². The summed E-state index contributed by atoms with van der Waals surface area (Å²) in [6, 6.07) is 10.8. The maximum Gasteiger partial charge on any atom is 0.321 e. The Labute approximate surface area is 245 Å². The van der Waals surface area contributed by atoms with Gasteiger partial charge in [0, 0.05) is 37.9 Å². The van der Waals surface area contributed by atoms with E-state index in [4.69, 9.17) is 14.9 Å². The van der Waals surface area contributed by atoms with Crippen LogP contribution in [0.5, 0.6) is 0 Å². The number of nitriles is 1. The summed E-state index contributed by atoms with van der Waals surface area (Å²) in [5, 5.41) is 25.3. The Bertz CT molecular complexity index is 1320. The summed E-state index contributed by atoms with van der Waals surface area (Å²) in [5.74, 6) is -0.894. The quantitative estimate of drug-likeness (QED) is 0.174. The van der Waals surface area contributed by atoms with Gasteiger partial charge in [0.2, 0.25) is 11.9 Å². The molecule has 1 aliphatic heterocycles. The van der Waals surface area contributed by atoms with Crippen molar-refractivity contribution in [3.8, 4) is 6.19 Å². The molecule has 1 unspecified atom stereocenters. The van der Waals surface area contributed by atoms with Crippen LogP contribution in [0.4, 0.5) is 26.2 Å². The largest absolute Gasteiger partial charge is 0.481 e. The number of carboxylic acids is 1. The molecule has 1 heterocycles. The first-order valence-corrected chi connectivity index (χ1v) is 13.4. The number of nitrogens with zero attached hydrogens (tertiary/aromatic N) is 5. The van der Waals surface area contributed by atoms with Crippen molar-refractivity contribution in [1.82, 2.24) is 20.0 Å². The van der Waals surface area contributed by atoms with Crippen molar-refractivity contribution < 1.29 is 23.9 Å². The van der Waals surface area contributed by atoms with Crippen LogP contribution in [0.3, 0.4) is 0 Å². The van der Waals surface area contributed by atoms with Gasteiger partial charge in [-0.05, 0) is 62.8 Å². The minimum Gasteiger partial charge on any atom is -0.481 e. The highest BCUT2D eigenvalue weighted by atomic mass is 19.1. The highest BCUT2D eigenvalue weighted by Crippen LogP contribution is 2.27. The van der Waals surface area contributed by atoms with Gasteiger partial charge in [0.05, 0.1) is 18.3 Å². The number of urea groups is 1. The summed E-state index contributed by atoms with van der Waals surface area (Å²) in [7, 11) is 3.64. The number of carboxylic acid groups (broad SMARTS) is 1. The van der Waals surface area contributed by atoms with E-state index in [0.29, 0.717) is 42.7 Å². The van der Waals surface area contributed by atoms with Crippen LogP contribution in [-0.2, 0) is 9.59 Å². The highest BCUT2D eigenvalue weighted by Gasteiger charge is 2.33. The predicted octanol–water partition coefficient (Wildman–Crippen LogP) is 3.66. The molecule has 1 fully saturated rings. The van der Waals surface area contributed by atoms with Crippen LogP contribution in [-0.4, -0.2) is 90.0 Å². The molecule has 12 nitrogen and oxygen atoms in total. The number of hydrogen-bond donors (Lipinski definition) is 4. The van der Waals surface area contributed by atoms with Crippen molar-refractivity contribution >= 4 is 40.9 Å². The van der Waals surface area contributed by atoms with Gasteiger partial charge in [-0.2, -0.15) is 5.26 Å². The lowest BCUT2D eigenvalue weighted by Crippen LogP contribution is -2.60. The molecule has 1 aliphatic rings. The first-order chi connectivity index (χ1) is 19.8. The lowest BCUT2D eigenvalue weighted by atomic mass is 10.00. The van der Waals surface area contributed by atoms with Gasteiger partial charge in [-0.3, -0.25) is 14.9 Å². The first kappa shape index (κ1) is 33.5. The number of amides is 3. The average Bonchev–Trinajstić information content (AvgIpc) is 2.89. The van der Waals surface area contributed by atoms with Crippen molar-refractivity contribution in [2.45, 2.75) is 33.7 Å². The molecule has 13 heteroatoms. The fraction of sp³-hybridized carbons (Fsp3) is 0.414. The number of nitrogens with one attached hydrogen (secondary N) is 3. The number of halogens is 1. The molecule has 42 heavy (non-hydrogen) atoms. The SMILES string of the molecule is CC(=O)O.Cc1c(N=C(NC#N)N2CCN(C(=O)Nc3cccc(F)c3)CC2C(C)C)cccc1NC(=O)CN(C)C. The molecule has 0 radical (unpaired) electrons. The average molecular weight is 583 g/mol. The van der Waals surface area contributed by atoms with Gasteiger partial charge in [0.1, 0.15) is 5.82 Å². The number of benzene rings is 2. The van der Waals surface area contributed by atoms with Crippen LogP contribution in [0.15, 0.2) is 47.5 Å². The van der Waals surface area contributed by atoms with E-state index in [0.717, 1.165) is 12.5 Å². The zero-order valence-corrected chi connectivity index (χ0v) is 24.8. The number of likely N-dealkylation sites (N-methyl/N-ethyl adjacent to an activating group) is 1. The Morgan fingerprint density at radius 2 is 1.83 bits per heavy atom. The van der Waals surface area contributed by atoms with E-state index < -0.39 is 11.8 Å². The number of aliphatic carboxylic acids is 1. The van der Waals surface area contributed by atoms with Gasteiger partial charge in [0.15, 0.2) is 6.19 Å². The minimum absolute atomic E-state index is 0.128. The molecule has 0 aromatic heterocycles. The van der Waals surface area contributed by atoms with Crippen LogP contribution < -0.4 is 16.0 Å². The second-order valence-corrected chi connectivity index (χ2v) is 10.3. The van der Waals surface area contributed by atoms with E-state index >= 15 is 0 Å². The van der Waals surface area contributed by atoms with Crippen molar-refractivity contribution in [3.63, 3.8) is 0 Å². The fourth-order valence-electron chi connectivity index (χ4n) is 4.28. The molecule has 226 valence electrons. The second-order valence-electron chi connectivity index (χ2n) is 10.3. The highest BCUT2D eigenvalue weighted by molar-refractivity contribution is 5.94. The summed E-state index contributed by atoms with van der Waals surface area (Å²) in [4.78, 5) is 44.4. The zero-order chi connectivity index (χ0) is 31.4. The topological polar surface area (TPSA) is 153 Å².